The summed E-state index contributed by atoms with van der Waals surface area (Å²) in [5.74, 6) is -0.690. The van der Waals surface area contributed by atoms with E-state index < -0.39 is 0 Å². The molecular weight excluding hydrogens is 292 g/mol. The first kappa shape index (κ1) is 20.0. The fraction of sp³-hybridized carbons (Fsp3) is 0.895. The minimum Gasteiger partial charge on any atom is -0.465 e. The molecule has 4 unspecified atom stereocenters. The number of carbonyl (C=O) groups excluding carboxylic acids is 2. The molecule has 23 heavy (non-hydrogen) atoms. The van der Waals surface area contributed by atoms with Crippen LogP contribution in [0.3, 0.4) is 0 Å². The fourth-order valence-corrected chi connectivity index (χ4v) is 3.49. The van der Waals surface area contributed by atoms with E-state index in [1.165, 1.54) is 0 Å². The highest BCUT2D eigenvalue weighted by Crippen LogP contribution is 2.41. The smallest absolute Gasteiger partial charge is 0.310 e. The number of hydrogen-bond acceptors (Lipinski definition) is 4. The van der Waals surface area contributed by atoms with Crippen LogP contribution in [0.2, 0.25) is 0 Å². The highest BCUT2D eigenvalue weighted by molar-refractivity contribution is 5.83. The van der Waals surface area contributed by atoms with Crippen molar-refractivity contribution in [1.29, 1.82) is 0 Å². The van der Waals surface area contributed by atoms with Gasteiger partial charge < -0.3 is 9.47 Å². The summed E-state index contributed by atoms with van der Waals surface area (Å²) in [6.45, 7) is 9.19. The first-order chi connectivity index (χ1) is 11.1. The summed E-state index contributed by atoms with van der Waals surface area (Å²) in [5.41, 5.74) is 0. The maximum absolute atomic E-state index is 12.6. The third kappa shape index (κ3) is 5.82. The largest absolute Gasteiger partial charge is 0.465 e. The predicted octanol–water partition coefficient (Wildman–Crippen LogP) is 4.36. The van der Waals surface area contributed by atoms with Crippen molar-refractivity contribution in [2.75, 3.05) is 13.2 Å². The minimum atomic E-state index is -0.348. The molecule has 4 heteroatoms. The van der Waals surface area contributed by atoms with E-state index in [2.05, 4.69) is 27.7 Å². The van der Waals surface area contributed by atoms with E-state index in [0.717, 1.165) is 44.9 Å². The van der Waals surface area contributed by atoms with Crippen LogP contribution in [0.1, 0.15) is 72.6 Å². The Hall–Kier alpha value is -1.06. The van der Waals surface area contributed by atoms with Crippen molar-refractivity contribution in [1.82, 2.24) is 0 Å². The van der Waals surface area contributed by atoms with Gasteiger partial charge in [0, 0.05) is 0 Å². The molecule has 1 rings (SSSR count). The van der Waals surface area contributed by atoms with Crippen molar-refractivity contribution in [3.63, 3.8) is 0 Å². The van der Waals surface area contributed by atoms with Gasteiger partial charge in [-0.15, -0.1) is 0 Å². The summed E-state index contributed by atoms with van der Waals surface area (Å²) in [7, 11) is 0. The highest BCUT2D eigenvalue weighted by atomic mass is 16.5. The van der Waals surface area contributed by atoms with Crippen molar-refractivity contribution in [3.8, 4) is 0 Å². The van der Waals surface area contributed by atoms with Crippen molar-refractivity contribution in [3.05, 3.63) is 0 Å². The van der Waals surface area contributed by atoms with E-state index in [-0.39, 0.29) is 35.6 Å². The highest BCUT2D eigenvalue weighted by Gasteiger charge is 2.46. The molecule has 0 amide bonds. The van der Waals surface area contributed by atoms with Gasteiger partial charge in [-0.1, -0.05) is 47.0 Å². The van der Waals surface area contributed by atoms with E-state index in [0.29, 0.717) is 13.2 Å². The van der Waals surface area contributed by atoms with Crippen LogP contribution in [0, 0.1) is 23.7 Å². The van der Waals surface area contributed by atoms with Crippen LogP contribution >= 0.6 is 0 Å². The number of hydrogen-bond donors (Lipinski definition) is 0. The van der Waals surface area contributed by atoms with E-state index in [9.17, 15) is 9.59 Å². The average molecular weight is 326 g/mol. The Morgan fingerprint density at radius 3 is 1.87 bits per heavy atom. The standard InChI is InChI=1S/C19H34O4/c1-5-8-12-22-18(20)16-14(4)10-11-15(7-3)17(16)19(21)23-13-9-6-2/h14-17H,5-13H2,1-4H3. The quantitative estimate of drug-likeness (QED) is 0.466. The number of ether oxygens (including phenoxy) is 2. The fourth-order valence-electron chi connectivity index (χ4n) is 3.49. The van der Waals surface area contributed by atoms with E-state index in [1.807, 2.05) is 0 Å². The Morgan fingerprint density at radius 1 is 0.870 bits per heavy atom. The summed E-state index contributed by atoms with van der Waals surface area (Å²) < 4.78 is 10.9. The van der Waals surface area contributed by atoms with Gasteiger partial charge in [0.05, 0.1) is 25.0 Å². The maximum atomic E-state index is 12.6. The molecule has 0 heterocycles. The molecule has 0 bridgehead atoms. The molecule has 1 aliphatic carbocycles. The molecule has 1 fully saturated rings. The monoisotopic (exact) mass is 326 g/mol. The van der Waals surface area contributed by atoms with Crippen molar-refractivity contribution in [2.24, 2.45) is 23.7 Å². The number of unbranched alkanes of at least 4 members (excludes halogenated alkanes) is 2. The zero-order valence-corrected chi connectivity index (χ0v) is 15.3. The minimum absolute atomic E-state index is 0.177. The van der Waals surface area contributed by atoms with Gasteiger partial charge in [-0.05, 0) is 37.5 Å². The maximum Gasteiger partial charge on any atom is 0.310 e. The van der Waals surface area contributed by atoms with Gasteiger partial charge in [-0.3, -0.25) is 9.59 Å². The van der Waals surface area contributed by atoms with Crippen LogP contribution in [0.4, 0.5) is 0 Å². The molecule has 1 aliphatic rings. The van der Waals surface area contributed by atoms with Crippen LogP contribution in [0.5, 0.6) is 0 Å². The second-order valence-electron chi connectivity index (χ2n) is 6.82. The normalized spacial score (nSPS) is 27.5. The molecule has 0 aromatic carbocycles. The zero-order chi connectivity index (χ0) is 17.2. The van der Waals surface area contributed by atoms with Crippen molar-refractivity contribution < 1.29 is 19.1 Å². The average Bonchev–Trinajstić information content (AvgIpc) is 2.54. The van der Waals surface area contributed by atoms with Crippen LogP contribution < -0.4 is 0 Å². The van der Waals surface area contributed by atoms with Gasteiger partial charge in [0.25, 0.3) is 0 Å². The summed E-state index contributed by atoms with van der Waals surface area (Å²) >= 11 is 0. The number of carbonyl (C=O) groups is 2. The van der Waals surface area contributed by atoms with Gasteiger partial charge in [-0.2, -0.15) is 0 Å². The SMILES string of the molecule is CCCCOC(=O)C1C(C)CCC(CC)C1C(=O)OCCCC. The van der Waals surface area contributed by atoms with Crippen molar-refractivity contribution in [2.45, 2.75) is 72.6 Å². The summed E-state index contributed by atoms with van der Waals surface area (Å²) in [6.07, 6.45) is 6.60. The zero-order valence-electron chi connectivity index (χ0n) is 15.3. The summed E-state index contributed by atoms with van der Waals surface area (Å²) in [6, 6.07) is 0. The van der Waals surface area contributed by atoms with E-state index in [1.54, 1.807) is 0 Å². The lowest BCUT2D eigenvalue weighted by Gasteiger charge is -2.38. The molecule has 0 aromatic rings. The summed E-state index contributed by atoms with van der Waals surface area (Å²) in [5, 5.41) is 0. The molecule has 134 valence electrons. The van der Waals surface area contributed by atoms with Gasteiger partial charge in [-0.25, -0.2) is 0 Å². The number of esters is 2. The van der Waals surface area contributed by atoms with Crippen LogP contribution in [-0.4, -0.2) is 25.2 Å². The topological polar surface area (TPSA) is 52.6 Å². The van der Waals surface area contributed by atoms with Gasteiger partial charge in [0.1, 0.15) is 0 Å². The predicted molar refractivity (Wildman–Crippen MR) is 90.9 cm³/mol. The van der Waals surface area contributed by atoms with E-state index >= 15 is 0 Å². The molecule has 4 atom stereocenters. The first-order valence-corrected chi connectivity index (χ1v) is 9.39. The lowest BCUT2D eigenvalue weighted by Crippen LogP contribution is -2.44. The Bertz CT molecular complexity index is 366. The van der Waals surface area contributed by atoms with Crippen molar-refractivity contribution >= 4 is 11.9 Å². The first-order valence-electron chi connectivity index (χ1n) is 9.39. The summed E-state index contributed by atoms with van der Waals surface area (Å²) in [4.78, 5) is 25.2. The molecule has 0 aliphatic heterocycles. The Morgan fingerprint density at radius 2 is 1.39 bits per heavy atom. The van der Waals surface area contributed by atoms with Crippen LogP contribution in [-0.2, 0) is 19.1 Å². The van der Waals surface area contributed by atoms with Gasteiger partial charge in [0.2, 0.25) is 0 Å². The molecule has 0 saturated heterocycles. The van der Waals surface area contributed by atoms with Gasteiger partial charge >= 0.3 is 11.9 Å². The Kier molecular flexibility index (Phi) is 9.27. The third-order valence-corrected chi connectivity index (χ3v) is 5.05. The Labute approximate surface area is 141 Å². The molecule has 0 aromatic heterocycles. The number of rotatable bonds is 9. The molecule has 0 N–H and O–H groups in total. The third-order valence-electron chi connectivity index (χ3n) is 5.05. The molecule has 1 saturated carbocycles. The second-order valence-corrected chi connectivity index (χ2v) is 6.82. The van der Waals surface area contributed by atoms with E-state index in [4.69, 9.17) is 9.47 Å². The molecule has 4 nitrogen and oxygen atoms in total. The lowest BCUT2D eigenvalue weighted by atomic mass is 9.66. The molecule has 0 spiro atoms. The van der Waals surface area contributed by atoms with Gasteiger partial charge in [0.15, 0.2) is 0 Å². The molecule has 0 radical (unpaired) electrons. The Balaban J connectivity index is 2.81. The lowest BCUT2D eigenvalue weighted by molar-refractivity contribution is -0.168. The second kappa shape index (κ2) is 10.7. The van der Waals surface area contributed by atoms with Crippen LogP contribution in [0.25, 0.3) is 0 Å². The van der Waals surface area contributed by atoms with Crippen LogP contribution in [0.15, 0.2) is 0 Å². The molecular formula is C19H34O4.